The molecule has 2 aromatic carbocycles. The van der Waals surface area contributed by atoms with Crippen molar-refractivity contribution in [1.29, 1.82) is 0 Å². The smallest absolute Gasteiger partial charge is 0.240 e. The predicted octanol–water partition coefficient (Wildman–Crippen LogP) is 3.92. The molecule has 6 nitrogen and oxygen atoms in total. The maximum Gasteiger partial charge on any atom is 0.240 e. The summed E-state index contributed by atoms with van der Waals surface area (Å²) in [6, 6.07) is 7.11. The van der Waals surface area contributed by atoms with Crippen LogP contribution in [0.2, 0.25) is 0 Å². The van der Waals surface area contributed by atoms with Crippen molar-refractivity contribution in [2.75, 3.05) is 14.2 Å². The molecule has 0 aromatic heterocycles. The molecule has 6 heteroatoms. The van der Waals surface area contributed by atoms with Crippen LogP contribution >= 0.6 is 0 Å². The van der Waals surface area contributed by atoms with Gasteiger partial charge in [-0.2, -0.15) is 9.98 Å². The zero-order chi connectivity index (χ0) is 17.7. The summed E-state index contributed by atoms with van der Waals surface area (Å²) in [5.41, 5.74) is 4.44. The van der Waals surface area contributed by atoms with E-state index in [-0.39, 0.29) is 0 Å². The highest BCUT2D eigenvalue weighted by Crippen LogP contribution is 2.40. The van der Waals surface area contributed by atoms with Crippen LogP contribution < -0.4 is 9.47 Å². The van der Waals surface area contributed by atoms with Gasteiger partial charge in [-0.15, -0.1) is 0 Å². The van der Waals surface area contributed by atoms with Gasteiger partial charge < -0.3 is 9.47 Å². The minimum atomic E-state index is 0.417. The van der Waals surface area contributed by atoms with Gasteiger partial charge >= 0.3 is 0 Å². The topological polar surface area (TPSA) is 77.3 Å². The van der Waals surface area contributed by atoms with Crippen LogP contribution in [-0.4, -0.2) is 26.4 Å². The molecule has 0 aliphatic heterocycles. The molecular weight excluding hydrogens is 308 g/mol. The van der Waals surface area contributed by atoms with Crippen LogP contribution in [0.15, 0.2) is 34.3 Å². The fourth-order valence-electron chi connectivity index (χ4n) is 2.53. The predicted molar refractivity (Wildman–Crippen MR) is 90.0 cm³/mol. The summed E-state index contributed by atoms with van der Waals surface area (Å²) in [4.78, 5) is 28.4. The molecule has 122 valence electrons. The van der Waals surface area contributed by atoms with Crippen molar-refractivity contribution in [2.45, 2.75) is 13.8 Å². The van der Waals surface area contributed by atoms with Crippen molar-refractivity contribution in [3.05, 3.63) is 35.4 Å². The van der Waals surface area contributed by atoms with Crippen LogP contribution in [-0.2, 0) is 9.59 Å². The Morgan fingerprint density at radius 3 is 1.42 bits per heavy atom. The van der Waals surface area contributed by atoms with E-state index in [1.54, 1.807) is 24.3 Å². The van der Waals surface area contributed by atoms with Gasteiger partial charge in [-0.1, -0.05) is 0 Å². The van der Waals surface area contributed by atoms with Crippen LogP contribution in [0.4, 0.5) is 11.4 Å². The first kappa shape index (κ1) is 17.2. The van der Waals surface area contributed by atoms with Gasteiger partial charge in [-0.3, -0.25) is 0 Å². The molecule has 0 spiro atoms. The molecule has 0 aliphatic rings. The summed E-state index contributed by atoms with van der Waals surface area (Å²) in [5.74, 6) is 0.930. The Hall–Kier alpha value is -3.20. The lowest BCUT2D eigenvalue weighted by Gasteiger charge is -2.15. The average molecular weight is 324 g/mol. The van der Waals surface area contributed by atoms with Gasteiger partial charge in [0.15, 0.2) is 0 Å². The van der Waals surface area contributed by atoms with Gasteiger partial charge in [0.2, 0.25) is 12.2 Å². The first-order valence-corrected chi connectivity index (χ1v) is 7.09. The third-order valence-corrected chi connectivity index (χ3v) is 3.67. The molecule has 0 atom stereocenters. The lowest BCUT2D eigenvalue weighted by atomic mass is 9.95. The van der Waals surface area contributed by atoms with Crippen LogP contribution in [0.1, 0.15) is 11.1 Å². The highest BCUT2D eigenvalue weighted by atomic mass is 16.5. The molecule has 0 heterocycles. The number of carbonyl (C=O) groups excluding carboxylic acids is 2. The molecule has 0 bridgehead atoms. The number of rotatable bonds is 5. The number of aliphatic imine (C=N–C) groups is 2. The Labute approximate surface area is 139 Å². The Morgan fingerprint density at radius 1 is 0.750 bits per heavy atom. The Morgan fingerprint density at radius 2 is 1.12 bits per heavy atom. The summed E-state index contributed by atoms with van der Waals surface area (Å²) in [7, 11) is 3.02. The molecule has 2 rings (SSSR count). The SMILES string of the molecule is COc1cc(-c2cc(OC)c(N=C=O)cc2C)c(C)cc1N=C=O. The van der Waals surface area contributed by atoms with Crippen molar-refractivity contribution in [3.8, 4) is 22.6 Å². The van der Waals surface area contributed by atoms with Crippen molar-refractivity contribution < 1.29 is 19.1 Å². The number of hydrogen-bond donors (Lipinski definition) is 0. The van der Waals surface area contributed by atoms with E-state index in [0.717, 1.165) is 22.3 Å². The van der Waals surface area contributed by atoms with Crippen LogP contribution in [0.25, 0.3) is 11.1 Å². The van der Waals surface area contributed by atoms with Gasteiger partial charge in [0.25, 0.3) is 0 Å². The summed E-state index contributed by atoms with van der Waals surface area (Å²) in [5, 5.41) is 0. The number of nitrogens with zero attached hydrogens (tertiary/aromatic N) is 2. The van der Waals surface area contributed by atoms with Gasteiger partial charge in [-0.05, 0) is 60.4 Å². The molecule has 0 amide bonds. The second-order valence-electron chi connectivity index (χ2n) is 5.08. The number of hydrogen-bond acceptors (Lipinski definition) is 6. The molecule has 2 aromatic rings. The Balaban J connectivity index is 2.72. The van der Waals surface area contributed by atoms with E-state index >= 15 is 0 Å². The van der Waals surface area contributed by atoms with Crippen molar-refractivity contribution in [1.82, 2.24) is 0 Å². The second kappa shape index (κ2) is 7.38. The average Bonchev–Trinajstić information content (AvgIpc) is 2.56. The van der Waals surface area contributed by atoms with Crippen LogP contribution in [0.5, 0.6) is 11.5 Å². The Bertz CT molecular complexity index is 804. The number of aryl methyl sites for hydroxylation is 2. The van der Waals surface area contributed by atoms with E-state index < -0.39 is 0 Å². The van der Waals surface area contributed by atoms with Gasteiger partial charge in [0.1, 0.15) is 22.9 Å². The molecule has 0 unspecified atom stereocenters. The van der Waals surface area contributed by atoms with E-state index in [4.69, 9.17) is 9.47 Å². The quantitative estimate of drug-likeness (QED) is 0.617. The molecule has 0 saturated heterocycles. The van der Waals surface area contributed by atoms with E-state index in [1.165, 1.54) is 26.4 Å². The largest absolute Gasteiger partial charge is 0.494 e. The first-order valence-electron chi connectivity index (χ1n) is 7.09. The fourth-order valence-corrected chi connectivity index (χ4v) is 2.53. The lowest BCUT2D eigenvalue weighted by molar-refractivity contribution is 0.415. The summed E-state index contributed by atoms with van der Waals surface area (Å²) in [6.07, 6.45) is 3.04. The maximum atomic E-state index is 10.5. The number of isocyanates is 2. The lowest BCUT2D eigenvalue weighted by Crippen LogP contribution is -1.93. The Kier molecular flexibility index (Phi) is 5.27. The van der Waals surface area contributed by atoms with Crippen LogP contribution in [0.3, 0.4) is 0 Å². The zero-order valence-electron chi connectivity index (χ0n) is 13.8. The second-order valence-corrected chi connectivity index (χ2v) is 5.08. The van der Waals surface area contributed by atoms with E-state index in [9.17, 15) is 9.59 Å². The van der Waals surface area contributed by atoms with Crippen molar-refractivity contribution in [3.63, 3.8) is 0 Å². The van der Waals surface area contributed by atoms with E-state index in [2.05, 4.69) is 9.98 Å². The van der Waals surface area contributed by atoms with Gasteiger partial charge in [-0.25, -0.2) is 9.59 Å². The van der Waals surface area contributed by atoms with Crippen LogP contribution in [0, 0.1) is 13.8 Å². The summed E-state index contributed by atoms with van der Waals surface area (Å²) < 4.78 is 10.6. The highest BCUT2D eigenvalue weighted by molar-refractivity contribution is 5.79. The van der Waals surface area contributed by atoms with Crippen molar-refractivity contribution in [2.24, 2.45) is 9.98 Å². The minimum Gasteiger partial charge on any atom is -0.494 e. The molecule has 0 saturated carbocycles. The molecule has 0 N–H and O–H groups in total. The number of methoxy groups -OCH3 is 2. The summed E-state index contributed by atoms with van der Waals surface area (Å²) in [6.45, 7) is 3.81. The number of benzene rings is 2. The molecular formula is C18H16N2O4. The zero-order valence-corrected chi connectivity index (χ0v) is 13.8. The fraction of sp³-hybridized carbons (Fsp3) is 0.222. The monoisotopic (exact) mass is 324 g/mol. The standard InChI is InChI=1S/C18H16N2O4/c1-11-5-15(19-9-21)17(23-3)7-13(11)14-8-18(24-4)16(20-10-22)6-12(14)2/h5-8H,1-4H3. The molecule has 0 radical (unpaired) electrons. The number of ether oxygens (including phenoxy) is 2. The molecule has 0 fully saturated rings. The van der Waals surface area contributed by atoms with Crippen molar-refractivity contribution >= 4 is 23.5 Å². The van der Waals surface area contributed by atoms with E-state index in [0.29, 0.717) is 22.9 Å². The summed E-state index contributed by atoms with van der Waals surface area (Å²) >= 11 is 0. The first-order chi connectivity index (χ1) is 11.5. The third-order valence-electron chi connectivity index (χ3n) is 3.67. The van der Waals surface area contributed by atoms with Gasteiger partial charge in [0, 0.05) is 0 Å². The van der Waals surface area contributed by atoms with Gasteiger partial charge in [0.05, 0.1) is 14.2 Å². The molecule has 0 aliphatic carbocycles. The minimum absolute atomic E-state index is 0.417. The molecule has 24 heavy (non-hydrogen) atoms. The third kappa shape index (κ3) is 3.25. The normalized spacial score (nSPS) is 9.67. The maximum absolute atomic E-state index is 10.5. The van der Waals surface area contributed by atoms with E-state index in [1.807, 2.05) is 13.8 Å². The highest BCUT2D eigenvalue weighted by Gasteiger charge is 2.14.